The molecule has 2 aromatic rings. The molecule has 17 heavy (non-hydrogen) atoms. The SMILES string of the molecule is Cc1cnc(Oc2ccccc2O)n1C(C)C. The van der Waals surface area contributed by atoms with E-state index in [1.54, 1.807) is 24.4 Å². The summed E-state index contributed by atoms with van der Waals surface area (Å²) < 4.78 is 7.60. The number of aryl methyl sites for hydroxylation is 1. The van der Waals surface area contributed by atoms with Crippen LogP contribution in [0.5, 0.6) is 17.5 Å². The number of benzene rings is 1. The van der Waals surface area contributed by atoms with Gasteiger partial charge in [-0.3, -0.25) is 4.57 Å². The van der Waals surface area contributed by atoms with E-state index in [0.717, 1.165) is 5.69 Å². The van der Waals surface area contributed by atoms with E-state index in [-0.39, 0.29) is 11.8 Å². The Morgan fingerprint density at radius 3 is 2.65 bits per heavy atom. The standard InChI is InChI=1S/C13H16N2O2/c1-9(2)15-10(3)8-14-13(15)17-12-7-5-4-6-11(12)16/h4-9,16H,1-3H3. The largest absolute Gasteiger partial charge is 0.504 e. The highest BCUT2D eigenvalue weighted by atomic mass is 16.5. The molecule has 0 amide bonds. The van der Waals surface area contributed by atoms with Gasteiger partial charge in [-0.05, 0) is 32.9 Å². The Morgan fingerprint density at radius 1 is 1.29 bits per heavy atom. The van der Waals surface area contributed by atoms with Crippen molar-refractivity contribution in [3.05, 3.63) is 36.2 Å². The lowest BCUT2D eigenvalue weighted by atomic mass is 10.3. The number of phenols is 1. The van der Waals surface area contributed by atoms with Crippen LogP contribution in [-0.4, -0.2) is 14.7 Å². The molecule has 0 radical (unpaired) electrons. The smallest absolute Gasteiger partial charge is 0.302 e. The summed E-state index contributed by atoms with van der Waals surface area (Å²) in [5.41, 5.74) is 1.03. The first kappa shape index (κ1) is 11.5. The number of rotatable bonds is 3. The molecule has 0 unspecified atom stereocenters. The van der Waals surface area contributed by atoms with Gasteiger partial charge in [0, 0.05) is 11.7 Å². The van der Waals surface area contributed by atoms with Crippen molar-refractivity contribution in [1.82, 2.24) is 9.55 Å². The molecule has 4 heteroatoms. The third-order valence-electron chi connectivity index (χ3n) is 2.53. The topological polar surface area (TPSA) is 47.3 Å². The second kappa shape index (κ2) is 4.49. The van der Waals surface area contributed by atoms with Crippen LogP contribution in [0, 0.1) is 6.92 Å². The Labute approximate surface area is 100 Å². The fourth-order valence-electron chi connectivity index (χ4n) is 1.77. The van der Waals surface area contributed by atoms with Gasteiger partial charge in [0.15, 0.2) is 11.5 Å². The Morgan fingerprint density at radius 2 is 2.00 bits per heavy atom. The van der Waals surface area contributed by atoms with Crippen LogP contribution in [0.4, 0.5) is 0 Å². The lowest BCUT2D eigenvalue weighted by Gasteiger charge is -2.14. The lowest BCUT2D eigenvalue weighted by Crippen LogP contribution is -2.05. The molecule has 0 spiro atoms. The second-order valence-electron chi connectivity index (χ2n) is 4.22. The van der Waals surface area contributed by atoms with Crippen molar-refractivity contribution in [3.63, 3.8) is 0 Å². The normalized spacial score (nSPS) is 10.8. The van der Waals surface area contributed by atoms with Gasteiger partial charge in [-0.2, -0.15) is 0 Å². The summed E-state index contributed by atoms with van der Waals surface area (Å²) in [6, 6.07) is 7.62. The minimum Gasteiger partial charge on any atom is -0.504 e. The van der Waals surface area contributed by atoms with Crippen LogP contribution in [0.15, 0.2) is 30.5 Å². The summed E-state index contributed by atoms with van der Waals surface area (Å²) in [7, 11) is 0. The van der Waals surface area contributed by atoms with Crippen molar-refractivity contribution >= 4 is 0 Å². The number of aromatic nitrogens is 2. The zero-order valence-corrected chi connectivity index (χ0v) is 10.2. The van der Waals surface area contributed by atoms with Crippen molar-refractivity contribution < 1.29 is 9.84 Å². The second-order valence-corrected chi connectivity index (χ2v) is 4.22. The molecule has 0 aliphatic carbocycles. The Hall–Kier alpha value is -1.97. The maximum atomic E-state index is 9.65. The number of hydrogen-bond acceptors (Lipinski definition) is 3. The van der Waals surface area contributed by atoms with Crippen LogP contribution in [-0.2, 0) is 0 Å². The Kier molecular flexibility index (Phi) is 3.04. The number of ether oxygens (including phenoxy) is 1. The molecule has 0 atom stereocenters. The Balaban J connectivity index is 2.34. The summed E-state index contributed by atoms with van der Waals surface area (Å²) in [6.45, 7) is 6.10. The summed E-state index contributed by atoms with van der Waals surface area (Å²) in [6.07, 6.45) is 1.76. The highest BCUT2D eigenvalue weighted by Gasteiger charge is 2.13. The average molecular weight is 232 g/mol. The first-order valence-corrected chi connectivity index (χ1v) is 5.59. The number of para-hydroxylation sites is 2. The maximum Gasteiger partial charge on any atom is 0.302 e. The molecule has 1 aromatic heterocycles. The van der Waals surface area contributed by atoms with Gasteiger partial charge in [0.25, 0.3) is 0 Å². The van der Waals surface area contributed by atoms with E-state index in [1.807, 2.05) is 17.6 Å². The predicted molar refractivity (Wildman–Crippen MR) is 65.5 cm³/mol. The number of nitrogens with zero attached hydrogens (tertiary/aromatic N) is 2. The summed E-state index contributed by atoms with van der Waals surface area (Å²) in [4.78, 5) is 4.20. The van der Waals surface area contributed by atoms with Gasteiger partial charge in [-0.1, -0.05) is 12.1 Å². The maximum absolute atomic E-state index is 9.65. The van der Waals surface area contributed by atoms with Gasteiger partial charge in [-0.25, -0.2) is 4.98 Å². The molecular weight excluding hydrogens is 216 g/mol. The monoisotopic (exact) mass is 232 g/mol. The molecule has 1 heterocycles. The molecule has 1 N–H and O–H groups in total. The molecule has 0 fully saturated rings. The third-order valence-corrected chi connectivity index (χ3v) is 2.53. The minimum atomic E-state index is 0.114. The number of aromatic hydroxyl groups is 1. The summed E-state index contributed by atoms with van der Waals surface area (Å²) >= 11 is 0. The van der Waals surface area contributed by atoms with Crippen molar-refractivity contribution in [2.24, 2.45) is 0 Å². The molecule has 0 bridgehead atoms. The van der Waals surface area contributed by atoms with E-state index < -0.39 is 0 Å². The number of imidazole rings is 1. The molecule has 0 saturated heterocycles. The summed E-state index contributed by atoms with van der Waals surface area (Å²) in [5, 5.41) is 9.65. The van der Waals surface area contributed by atoms with E-state index in [9.17, 15) is 5.11 Å². The van der Waals surface area contributed by atoms with Crippen LogP contribution in [0.3, 0.4) is 0 Å². The zero-order chi connectivity index (χ0) is 12.4. The van der Waals surface area contributed by atoms with E-state index in [1.165, 1.54) is 0 Å². The van der Waals surface area contributed by atoms with Gasteiger partial charge < -0.3 is 9.84 Å². The van der Waals surface area contributed by atoms with Gasteiger partial charge in [-0.15, -0.1) is 0 Å². The van der Waals surface area contributed by atoms with Crippen molar-refractivity contribution in [3.8, 4) is 17.5 Å². The molecule has 0 aliphatic heterocycles. The zero-order valence-electron chi connectivity index (χ0n) is 10.2. The van der Waals surface area contributed by atoms with Gasteiger partial charge in [0.2, 0.25) is 0 Å². The van der Waals surface area contributed by atoms with Crippen LogP contribution in [0.25, 0.3) is 0 Å². The molecule has 0 saturated carbocycles. The predicted octanol–water partition coefficient (Wildman–Crippen LogP) is 3.27. The van der Waals surface area contributed by atoms with Crippen molar-refractivity contribution in [2.75, 3.05) is 0 Å². The highest BCUT2D eigenvalue weighted by molar-refractivity contribution is 5.39. The quantitative estimate of drug-likeness (QED) is 0.883. The van der Waals surface area contributed by atoms with Gasteiger partial charge in [0.05, 0.1) is 6.20 Å². The molecule has 90 valence electrons. The van der Waals surface area contributed by atoms with Crippen LogP contribution in [0.2, 0.25) is 0 Å². The van der Waals surface area contributed by atoms with Gasteiger partial charge in [0.1, 0.15) is 0 Å². The van der Waals surface area contributed by atoms with Crippen LogP contribution in [0.1, 0.15) is 25.6 Å². The fraction of sp³-hybridized carbons (Fsp3) is 0.308. The van der Waals surface area contributed by atoms with Crippen molar-refractivity contribution in [2.45, 2.75) is 26.8 Å². The van der Waals surface area contributed by atoms with Gasteiger partial charge >= 0.3 is 6.01 Å². The van der Waals surface area contributed by atoms with E-state index in [0.29, 0.717) is 11.8 Å². The first-order chi connectivity index (χ1) is 8.09. The van der Waals surface area contributed by atoms with E-state index in [2.05, 4.69) is 18.8 Å². The third kappa shape index (κ3) is 2.25. The minimum absolute atomic E-state index is 0.114. The highest BCUT2D eigenvalue weighted by Crippen LogP contribution is 2.30. The Bertz CT molecular complexity index is 518. The van der Waals surface area contributed by atoms with Crippen LogP contribution >= 0.6 is 0 Å². The molecule has 0 aliphatic rings. The lowest BCUT2D eigenvalue weighted by molar-refractivity contribution is 0.365. The number of phenolic OH excluding ortho intramolecular Hbond substituents is 1. The first-order valence-electron chi connectivity index (χ1n) is 5.59. The number of hydrogen-bond donors (Lipinski definition) is 1. The van der Waals surface area contributed by atoms with Crippen molar-refractivity contribution in [1.29, 1.82) is 0 Å². The molecular formula is C13H16N2O2. The van der Waals surface area contributed by atoms with Crippen LogP contribution < -0.4 is 4.74 Å². The molecule has 4 nitrogen and oxygen atoms in total. The fourth-order valence-corrected chi connectivity index (χ4v) is 1.77. The molecule has 2 rings (SSSR count). The summed E-state index contributed by atoms with van der Waals surface area (Å²) in [5.74, 6) is 0.531. The molecule has 1 aromatic carbocycles. The van der Waals surface area contributed by atoms with E-state index in [4.69, 9.17) is 4.74 Å². The van der Waals surface area contributed by atoms with E-state index >= 15 is 0 Å². The average Bonchev–Trinajstić information content (AvgIpc) is 2.63.